The molecule has 0 heterocycles. The van der Waals surface area contributed by atoms with Gasteiger partial charge in [-0.3, -0.25) is 14.4 Å². The summed E-state index contributed by atoms with van der Waals surface area (Å²) in [6.07, 6.45) is 10.3. The van der Waals surface area contributed by atoms with Crippen LogP contribution in [-0.4, -0.2) is 35.4 Å². The Morgan fingerprint density at radius 2 is 1.52 bits per heavy atom. The molecular weight excluding hydrogens is 650 g/mol. The lowest BCUT2D eigenvalue weighted by molar-refractivity contribution is -0.235. The standard InChI is InChI=1S/C45H61NO6/c1-27(2)36-32(48)24-45(46-26-47)22-21-43(8)29(37(36)45)15-16-34-42(7)19-18-35(41(5,6)33(42)17-20-44(34,43)9)52-39(50)31-23-30(40(31,3)4)38(49)51-25-28-13-11-10-12-14-28/h10-14,27,29-31,33-35H,15-25H2,1-9H3/t29-,30+,31-,33+,34-,35+,42+,43-,44-,45-/m1/s1. The molecule has 1 aromatic carbocycles. The fraction of sp³-hybridized carbons (Fsp3) is 0.733. The molecule has 6 aliphatic carbocycles. The number of esters is 2. The maximum Gasteiger partial charge on any atom is 0.309 e. The number of benzene rings is 1. The van der Waals surface area contributed by atoms with E-state index in [9.17, 15) is 19.2 Å². The van der Waals surface area contributed by atoms with Crippen LogP contribution >= 0.6 is 0 Å². The molecule has 0 aromatic heterocycles. The van der Waals surface area contributed by atoms with Crippen LogP contribution < -0.4 is 0 Å². The Morgan fingerprint density at radius 3 is 2.17 bits per heavy atom. The van der Waals surface area contributed by atoms with Crippen LogP contribution in [0.5, 0.6) is 0 Å². The molecule has 5 saturated carbocycles. The molecule has 0 N–H and O–H groups in total. The summed E-state index contributed by atoms with van der Waals surface area (Å²) in [5, 5.41) is 0. The minimum atomic E-state index is -0.700. The van der Waals surface area contributed by atoms with Gasteiger partial charge in [-0.05, 0) is 120 Å². The van der Waals surface area contributed by atoms with Crippen molar-refractivity contribution in [1.82, 2.24) is 0 Å². The third kappa shape index (κ3) is 5.21. The molecule has 0 amide bonds. The van der Waals surface area contributed by atoms with E-state index in [0.29, 0.717) is 24.7 Å². The topological polar surface area (TPSA) is 99.1 Å². The highest BCUT2D eigenvalue weighted by atomic mass is 16.5. The maximum atomic E-state index is 13.9. The summed E-state index contributed by atoms with van der Waals surface area (Å²) >= 11 is 0. The molecule has 0 radical (unpaired) electrons. The molecule has 5 fully saturated rings. The van der Waals surface area contributed by atoms with Crippen molar-refractivity contribution in [2.24, 2.45) is 67.6 Å². The number of ether oxygens (including phenoxy) is 2. The van der Waals surface area contributed by atoms with Crippen LogP contribution in [0.2, 0.25) is 0 Å². The van der Waals surface area contributed by atoms with Crippen LogP contribution in [0.1, 0.15) is 132 Å². The summed E-state index contributed by atoms with van der Waals surface area (Å²) in [7, 11) is 0. The zero-order chi connectivity index (χ0) is 37.6. The van der Waals surface area contributed by atoms with Gasteiger partial charge in [0.2, 0.25) is 6.08 Å². The third-order valence-corrected chi connectivity index (χ3v) is 16.9. The van der Waals surface area contributed by atoms with Crippen LogP contribution in [0.15, 0.2) is 46.5 Å². The van der Waals surface area contributed by atoms with Gasteiger partial charge >= 0.3 is 11.9 Å². The molecule has 282 valence electrons. The number of Topliss-reactive ketones (excluding diaryl/α,β-unsaturated/α-hetero) is 1. The van der Waals surface area contributed by atoms with Gasteiger partial charge < -0.3 is 9.47 Å². The number of carbonyl (C=O) groups is 3. The lowest BCUT2D eigenvalue weighted by Gasteiger charge is -2.72. The number of isocyanates is 1. The lowest BCUT2D eigenvalue weighted by Crippen LogP contribution is -2.66. The van der Waals surface area contributed by atoms with Crippen molar-refractivity contribution in [2.75, 3.05) is 0 Å². The van der Waals surface area contributed by atoms with Gasteiger partial charge in [0.05, 0.1) is 11.8 Å². The van der Waals surface area contributed by atoms with Crippen molar-refractivity contribution in [3.05, 3.63) is 47.0 Å². The first kappa shape index (κ1) is 37.3. The Bertz CT molecular complexity index is 1720. The fourth-order valence-electron chi connectivity index (χ4n) is 13.8. The Kier molecular flexibility index (Phi) is 8.96. The molecule has 1 aromatic rings. The molecule has 52 heavy (non-hydrogen) atoms. The number of fused-ring (bicyclic) bond motifs is 7. The van der Waals surface area contributed by atoms with E-state index in [0.717, 1.165) is 62.5 Å². The first-order valence-corrected chi connectivity index (χ1v) is 20.2. The van der Waals surface area contributed by atoms with Gasteiger partial charge in [0.25, 0.3) is 0 Å². The zero-order valence-corrected chi connectivity index (χ0v) is 33.1. The highest BCUT2D eigenvalue weighted by molar-refractivity contribution is 6.01. The summed E-state index contributed by atoms with van der Waals surface area (Å²) in [4.78, 5) is 56.8. The fourth-order valence-corrected chi connectivity index (χ4v) is 13.8. The molecule has 0 spiro atoms. The van der Waals surface area contributed by atoms with Crippen molar-refractivity contribution in [2.45, 2.75) is 145 Å². The number of rotatable bonds is 7. The second-order valence-corrected chi connectivity index (χ2v) is 20.0. The summed E-state index contributed by atoms with van der Waals surface area (Å²) in [6.45, 7) is 20.7. The molecule has 0 aliphatic heterocycles. The van der Waals surface area contributed by atoms with Gasteiger partial charge in [0.1, 0.15) is 18.2 Å². The van der Waals surface area contributed by atoms with Gasteiger partial charge in [0.15, 0.2) is 5.78 Å². The third-order valence-electron chi connectivity index (χ3n) is 16.9. The number of aliphatic imine (C=N–C) groups is 1. The first-order chi connectivity index (χ1) is 24.4. The van der Waals surface area contributed by atoms with Gasteiger partial charge in [0, 0.05) is 11.8 Å². The Balaban J connectivity index is 1.07. The van der Waals surface area contributed by atoms with Crippen LogP contribution in [0.25, 0.3) is 0 Å². The van der Waals surface area contributed by atoms with E-state index >= 15 is 0 Å². The van der Waals surface area contributed by atoms with Crippen molar-refractivity contribution < 1.29 is 28.7 Å². The molecule has 0 unspecified atom stereocenters. The quantitative estimate of drug-likeness (QED) is 0.159. The number of hydrogen-bond acceptors (Lipinski definition) is 7. The second kappa shape index (κ2) is 12.5. The normalized spacial score (nSPS) is 41.4. The van der Waals surface area contributed by atoms with Crippen molar-refractivity contribution in [3.63, 3.8) is 0 Å². The number of hydrogen-bond donors (Lipinski definition) is 0. The highest BCUT2D eigenvalue weighted by Crippen LogP contribution is 2.76. The van der Waals surface area contributed by atoms with E-state index in [2.05, 4.69) is 53.5 Å². The van der Waals surface area contributed by atoms with E-state index < -0.39 is 11.0 Å². The molecular formula is C45H61NO6. The van der Waals surface area contributed by atoms with Gasteiger partial charge in [-0.15, -0.1) is 0 Å². The van der Waals surface area contributed by atoms with Crippen LogP contribution in [-0.2, 0) is 35.3 Å². The van der Waals surface area contributed by atoms with Crippen molar-refractivity contribution in [3.8, 4) is 0 Å². The minimum Gasteiger partial charge on any atom is -0.462 e. The molecule has 7 nitrogen and oxygen atoms in total. The highest BCUT2D eigenvalue weighted by Gasteiger charge is 2.70. The lowest BCUT2D eigenvalue weighted by atomic mass is 9.33. The van der Waals surface area contributed by atoms with E-state index in [-0.39, 0.29) is 75.8 Å². The average Bonchev–Trinajstić information content (AvgIpc) is 3.37. The van der Waals surface area contributed by atoms with E-state index in [4.69, 9.17) is 9.47 Å². The molecule has 6 aliphatic rings. The summed E-state index contributed by atoms with van der Waals surface area (Å²) in [5.74, 6) is 0.365. The van der Waals surface area contributed by atoms with E-state index in [1.807, 2.05) is 50.3 Å². The van der Waals surface area contributed by atoms with Gasteiger partial charge in [-0.2, -0.15) is 4.99 Å². The molecule has 10 atom stereocenters. The van der Waals surface area contributed by atoms with E-state index in [1.54, 1.807) is 0 Å². The van der Waals surface area contributed by atoms with Crippen LogP contribution in [0.4, 0.5) is 0 Å². The Labute approximate surface area is 311 Å². The number of allylic oxidation sites excluding steroid dienone is 1. The molecule has 7 heteroatoms. The number of ketones is 1. The second-order valence-electron chi connectivity index (χ2n) is 20.0. The first-order valence-electron chi connectivity index (χ1n) is 20.2. The summed E-state index contributed by atoms with van der Waals surface area (Å²) in [6, 6.07) is 9.69. The monoisotopic (exact) mass is 711 g/mol. The number of nitrogens with zero attached hydrogens (tertiary/aromatic N) is 1. The largest absolute Gasteiger partial charge is 0.462 e. The minimum absolute atomic E-state index is 0.00601. The zero-order valence-electron chi connectivity index (χ0n) is 33.1. The molecule has 0 saturated heterocycles. The van der Waals surface area contributed by atoms with Crippen LogP contribution in [0.3, 0.4) is 0 Å². The summed E-state index contributed by atoms with van der Waals surface area (Å²) in [5.41, 5.74) is 1.79. The number of carbonyl (C=O) groups excluding carboxylic acids is 4. The van der Waals surface area contributed by atoms with E-state index in [1.165, 1.54) is 5.57 Å². The molecule has 7 rings (SSSR count). The maximum absolute atomic E-state index is 13.9. The summed E-state index contributed by atoms with van der Waals surface area (Å²) < 4.78 is 12.2. The van der Waals surface area contributed by atoms with Gasteiger partial charge in [-0.1, -0.05) is 92.6 Å². The van der Waals surface area contributed by atoms with Crippen molar-refractivity contribution >= 4 is 23.8 Å². The SMILES string of the molecule is CC(C)C1=C2[C@H]3CC[C@@H]4[C@@]5(C)CC[C@H](OC(=O)[C@H]6C[C@@H](C(=O)OCc7ccccc7)C6(C)C)C(C)(C)[C@@H]5CC[C@@]4(C)[C@]3(C)CC[C@@]2(N=C=O)CC1=O. The molecule has 0 bridgehead atoms. The predicted octanol–water partition coefficient (Wildman–Crippen LogP) is 9.37. The Morgan fingerprint density at radius 1 is 0.827 bits per heavy atom. The Hall–Kier alpha value is -3.05. The smallest absolute Gasteiger partial charge is 0.309 e. The average molecular weight is 712 g/mol. The van der Waals surface area contributed by atoms with Gasteiger partial charge in [-0.25, -0.2) is 4.79 Å². The van der Waals surface area contributed by atoms with Crippen LogP contribution in [0, 0.1) is 62.6 Å². The van der Waals surface area contributed by atoms with Crippen molar-refractivity contribution in [1.29, 1.82) is 0 Å². The predicted molar refractivity (Wildman–Crippen MR) is 199 cm³/mol.